The number of nitrogens with zero attached hydrogens (tertiary/aromatic N) is 1. The Balaban J connectivity index is 2.19. The first-order valence-electron chi connectivity index (χ1n) is 7.02. The average molecular weight is 284 g/mol. The summed E-state index contributed by atoms with van der Waals surface area (Å²) in [5, 5.41) is 2.97. The molecule has 0 aliphatic carbocycles. The van der Waals surface area contributed by atoms with Crippen LogP contribution in [0.4, 0.5) is 5.69 Å². The fourth-order valence-electron chi connectivity index (χ4n) is 2.35. The van der Waals surface area contributed by atoms with E-state index in [-0.39, 0.29) is 12.5 Å². The minimum absolute atomic E-state index is 0.132. The zero-order chi connectivity index (χ0) is 15.4. The predicted octanol–water partition coefficient (Wildman–Crippen LogP) is 3.37. The van der Waals surface area contributed by atoms with Crippen LogP contribution in [0.1, 0.15) is 41.4 Å². The lowest BCUT2D eigenvalue weighted by molar-refractivity contribution is -0.116. The molecule has 0 fully saturated rings. The molecule has 4 nitrogen and oxygen atoms in total. The van der Waals surface area contributed by atoms with Crippen molar-refractivity contribution < 1.29 is 9.59 Å². The number of aldehydes is 1. The van der Waals surface area contributed by atoms with Crippen LogP contribution in [0.2, 0.25) is 0 Å². The molecule has 0 unspecified atom stereocenters. The summed E-state index contributed by atoms with van der Waals surface area (Å²) in [5.41, 5.74) is 3.53. The van der Waals surface area contributed by atoms with E-state index in [1.54, 1.807) is 22.9 Å². The molecule has 0 aliphatic heterocycles. The summed E-state index contributed by atoms with van der Waals surface area (Å²) < 4.78 is 1.63. The van der Waals surface area contributed by atoms with Gasteiger partial charge in [0.25, 0.3) is 0 Å². The van der Waals surface area contributed by atoms with E-state index in [9.17, 15) is 9.59 Å². The molecule has 2 rings (SSSR count). The summed E-state index contributed by atoms with van der Waals surface area (Å²) >= 11 is 0. The Hall–Kier alpha value is -2.36. The summed E-state index contributed by atoms with van der Waals surface area (Å²) in [5.74, 6) is 0.197. The quantitative estimate of drug-likeness (QED) is 0.856. The van der Waals surface area contributed by atoms with E-state index in [1.807, 2.05) is 25.1 Å². The number of anilines is 1. The Morgan fingerprint density at radius 3 is 2.71 bits per heavy atom. The Kier molecular flexibility index (Phi) is 4.58. The fourth-order valence-corrected chi connectivity index (χ4v) is 2.35. The number of rotatable bonds is 5. The highest BCUT2D eigenvalue weighted by Gasteiger charge is 2.13. The van der Waals surface area contributed by atoms with Gasteiger partial charge in [0.1, 0.15) is 6.54 Å². The van der Waals surface area contributed by atoms with Crippen LogP contribution in [-0.2, 0) is 11.3 Å². The van der Waals surface area contributed by atoms with E-state index >= 15 is 0 Å². The van der Waals surface area contributed by atoms with Crippen LogP contribution in [0.25, 0.3) is 0 Å². The van der Waals surface area contributed by atoms with Crippen LogP contribution in [0, 0.1) is 6.92 Å². The lowest BCUT2D eigenvalue weighted by Crippen LogP contribution is -2.21. The smallest absolute Gasteiger partial charge is 0.244 e. The van der Waals surface area contributed by atoms with Crippen LogP contribution < -0.4 is 5.32 Å². The number of aromatic nitrogens is 1. The fraction of sp³-hybridized carbons (Fsp3) is 0.294. The highest BCUT2D eigenvalue weighted by molar-refractivity contribution is 5.92. The van der Waals surface area contributed by atoms with E-state index in [2.05, 4.69) is 19.2 Å². The third-order valence-corrected chi connectivity index (χ3v) is 3.49. The van der Waals surface area contributed by atoms with Gasteiger partial charge in [0, 0.05) is 11.9 Å². The molecule has 1 aromatic carbocycles. The van der Waals surface area contributed by atoms with Crippen molar-refractivity contribution in [2.75, 3.05) is 5.32 Å². The zero-order valence-corrected chi connectivity index (χ0v) is 12.6. The minimum Gasteiger partial charge on any atom is -0.336 e. The van der Waals surface area contributed by atoms with Crippen LogP contribution >= 0.6 is 0 Å². The van der Waals surface area contributed by atoms with E-state index in [4.69, 9.17) is 0 Å². The third-order valence-electron chi connectivity index (χ3n) is 3.49. The van der Waals surface area contributed by atoms with Crippen LogP contribution in [-0.4, -0.2) is 16.8 Å². The average Bonchev–Trinajstić information content (AvgIpc) is 2.87. The topological polar surface area (TPSA) is 51.1 Å². The molecule has 0 spiro atoms. The van der Waals surface area contributed by atoms with Crippen molar-refractivity contribution in [3.63, 3.8) is 0 Å². The lowest BCUT2D eigenvalue weighted by Gasteiger charge is -2.16. The van der Waals surface area contributed by atoms with Crippen LogP contribution in [0.3, 0.4) is 0 Å². The maximum absolute atomic E-state index is 12.2. The molecule has 1 aromatic heterocycles. The van der Waals surface area contributed by atoms with Gasteiger partial charge in [0.2, 0.25) is 5.91 Å². The number of aryl methyl sites for hydroxylation is 1. The van der Waals surface area contributed by atoms with Crippen molar-refractivity contribution in [1.82, 2.24) is 4.57 Å². The van der Waals surface area contributed by atoms with Gasteiger partial charge in [-0.1, -0.05) is 32.0 Å². The molecule has 1 heterocycles. The van der Waals surface area contributed by atoms with Crippen molar-refractivity contribution in [2.45, 2.75) is 33.2 Å². The Bertz CT molecular complexity index is 657. The van der Waals surface area contributed by atoms with Gasteiger partial charge in [0.05, 0.1) is 5.69 Å². The second-order valence-corrected chi connectivity index (χ2v) is 5.42. The van der Waals surface area contributed by atoms with Gasteiger partial charge in [-0.15, -0.1) is 0 Å². The normalized spacial score (nSPS) is 10.7. The third kappa shape index (κ3) is 3.40. The standard InChI is InChI=1S/C17H20N2O2/c1-12(2)15-8-4-6-13(3)17(15)18-16(21)10-19-9-5-7-14(19)11-20/h4-9,11-12H,10H2,1-3H3,(H,18,21). The SMILES string of the molecule is Cc1cccc(C(C)C)c1NC(=O)Cn1cccc1C=O. The second-order valence-electron chi connectivity index (χ2n) is 5.42. The molecule has 1 N–H and O–H groups in total. The van der Waals surface area contributed by atoms with Gasteiger partial charge in [0.15, 0.2) is 6.29 Å². The van der Waals surface area contributed by atoms with Crippen molar-refractivity contribution in [2.24, 2.45) is 0 Å². The Morgan fingerprint density at radius 2 is 2.05 bits per heavy atom. The van der Waals surface area contributed by atoms with Gasteiger partial charge in [-0.05, 0) is 36.1 Å². The number of hydrogen-bond acceptors (Lipinski definition) is 2. The molecule has 110 valence electrons. The van der Waals surface area contributed by atoms with Gasteiger partial charge in [-0.3, -0.25) is 9.59 Å². The number of benzene rings is 1. The van der Waals surface area contributed by atoms with E-state index in [0.29, 0.717) is 11.6 Å². The number of carbonyl (C=O) groups is 2. The van der Waals surface area contributed by atoms with Gasteiger partial charge < -0.3 is 9.88 Å². The van der Waals surface area contributed by atoms with E-state index in [1.165, 1.54) is 0 Å². The minimum atomic E-state index is -0.134. The largest absolute Gasteiger partial charge is 0.336 e. The molecule has 21 heavy (non-hydrogen) atoms. The molecule has 0 saturated carbocycles. The number of amides is 1. The zero-order valence-electron chi connectivity index (χ0n) is 12.6. The summed E-state index contributed by atoms with van der Waals surface area (Å²) in [4.78, 5) is 23.1. The molecular formula is C17H20N2O2. The molecule has 4 heteroatoms. The lowest BCUT2D eigenvalue weighted by atomic mass is 9.98. The molecule has 1 amide bonds. The van der Waals surface area contributed by atoms with Crippen molar-refractivity contribution in [3.8, 4) is 0 Å². The Labute approximate surface area is 124 Å². The van der Waals surface area contributed by atoms with E-state index < -0.39 is 0 Å². The van der Waals surface area contributed by atoms with Gasteiger partial charge in [-0.2, -0.15) is 0 Å². The maximum Gasteiger partial charge on any atom is 0.244 e. The number of carbonyl (C=O) groups excluding carboxylic acids is 2. The van der Waals surface area contributed by atoms with Gasteiger partial charge >= 0.3 is 0 Å². The number of nitrogens with one attached hydrogen (secondary N) is 1. The van der Waals surface area contributed by atoms with Gasteiger partial charge in [-0.25, -0.2) is 0 Å². The summed E-state index contributed by atoms with van der Waals surface area (Å²) in [7, 11) is 0. The van der Waals surface area contributed by atoms with Crippen molar-refractivity contribution in [1.29, 1.82) is 0 Å². The molecule has 0 atom stereocenters. The molecule has 0 saturated heterocycles. The first-order valence-corrected chi connectivity index (χ1v) is 7.02. The summed E-state index contributed by atoms with van der Waals surface area (Å²) in [6.07, 6.45) is 2.48. The number of para-hydroxylation sites is 1. The van der Waals surface area contributed by atoms with Crippen molar-refractivity contribution in [3.05, 3.63) is 53.3 Å². The molecule has 0 radical (unpaired) electrons. The molecule has 0 bridgehead atoms. The highest BCUT2D eigenvalue weighted by Crippen LogP contribution is 2.27. The van der Waals surface area contributed by atoms with Crippen LogP contribution in [0.15, 0.2) is 36.5 Å². The predicted molar refractivity (Wildman–Crippen MR) is 83.7 cm³/mol. The molecule has 0 aliphatic rings. The summed E-state index contributed by atoms with van der Waals surface area (Å²) in [6, 6.07) is 9.45. The van der Waals surface area contributed by atoms with E-state index in [0.717, 1.165) is 23.1 Å². The first-order chi connectivity index (χ1) is 10.0. The van der Waals surface area contributed by atoms with Crippen molar-refractivity contribution >= 4 is 17.9 Å². The highest BCUT2D eigenvalue weighted by atomic mass is 16.2. The van der Waals surface area contributed by atoms with Crippen LogP contribution in [0.5, 0.6) is 0 Å². The molecule has 2 aromatic rings. The monoisotopic (exact) mass is 284 g/mol. The number of hydrogen-bond donors (Lipinski definition) is 1. The Morgan fingerprint density at radius 1 is 1.29 bits per heavy atom. The first kappa shape index (κ1) is 15.0. The second kappa shape index (κ2) is 6.39. The maximum atomic E-state index is 12.2. The molecular weight excluding hydrogens is 264 g/mol. The summed E-state index contributed by atoms with van der Waals surface area (Å²) in [6.45, 7) is 6.31.